The fourth-order valence-corrected chi connectivity index (χ4v) is 2.01. The van der Waals surface area contributed by atoms with Crippen molar-refractivity contribution in [3.05, 3.63) is 22.2 Å². The van der Waals surface area contributed by atoms with Crippen LogP contribution in [-0.2, 0) is 14.2 Å². The Hall–Kier alpha value is -0.500. The molecule has 0 saturated heterocycles. The van der Waals surface area contributed by atoms with E-state index in [9.17, 15) is 10.1 Å². The fraction of sp³-hybridized carbons (Fsp3) is 0.125. The maximum atomic E-state index is 10.7. The van der Waals surface area contributed by atoms with Crippen LogP contribution in [0.2, 0.25) is 10.0 Å². The Bertz CT molecular complexity index is 375. The summed E-state index contributed by atoms with van der Waals surface area (Å²) in [5, 5.41) is 13.0. The number of esters is 1. The molecule has 0 fully saturated rings. The van der Waals surface area contributed by atoms with Crippen molar-refractivity contribution in [1.29, 1.82) is 0 Å². The van der Waals surface area contributed by atoms with E-state index in [2.05, 4.69) is 9.37 Å². The van der Waals surface area contributed by atoms with E-state index in [1.54, 1.807) is 0 Å². The quantitative estimate of drug-likeness (QED) is 0.277. The van der Waals surface area contributed by atoms with Crippen LogP contribution in [0, 0.1) is 0 Å². The predicted molar refractivity (Wildman–Crippen MR) is 55.8 cm³/mol. The normalized spacial score (nSPS) is 10.2. The van der Waals surface area contributed by atoms with Gasteiger partial charge in [-0.2, -0.15) is 4.33 Å². The molecule has 0 amide bonds. The molecule has 8 heteroatoms. The van der Waals surface area contributed by atoms with Gasteiger partial charge in [0, 0.05) is 11.8 Å². The summed E-state index contributed by atoms with van der Waals surface area (Å²) in [6.45, 7) is 1.23. The third-order valence-corrected chi connectivity index (χ3v) is 2.49. The molecule has 0 N–H and O–H groups in total. The molecule has 0 aliphatic carbocycles. The van der Waals surface area contributed by atoms with Crippen LogP contribution in [0.4, 0.5) is 0 Å². The highest BCUT2D eigenvalue weighted by molar-refractivity contribution is 7.94. The number of benzene rings is 1. The van der Waals surface area contributed by atoms with Crippen LogP contribution in [0.1, 0.15) is 6.92 Å². The van der Waals surface area contributed by atoms with E-state index in [0.29, 0.717) is 16.9 Å². The molecule has 0 aliphatic heterocycles. The lowest BCUT2D eigenvalue weighted by Gasteiger charge is -2.09. The second-order valence-electron chi connectivity index (χ2n) is 2.53. The Morgan fingerprint density at radius 1 is 1.38 bits per heavy atom. The summed E-state index contributed by atoms with van der Waals surface area (Å²) in [5.41, 5.74) is 0. The zero-order chi connectivity index (χ0) is 12.1. The second kappa shape index (κ2) is 6.29. The standard InChI is InChI=1S/C8H6Cl2O5S/c1-4(11)13-8-6(9)2-5(3-7(8)10)16-15-14-12/h2-3,12H,1H3/p-1. The summed E-state index contributed by atoms with van der Waals surface area (Å²) in [4.78, 5) is 11.2. The highest BCUT2D eigenvalue weighted by Crippen LogP contribution is 2.37. The van der Waals surface area contributed by atoms with Gasteiger partial charge in [-0.15, -0.1) is 0 Å². The van der Waals surface area contributed by atoms with Crippen molar-refractivity contribution in [3.63, 3.8) is 0 Å². The van der Waals surface area contributed by atoms with Gasteiger partial charge in [0.1, 0.15) is 0 Å². The molecule has 0 heterocycles. The topological polar surface area (TPSA) is 67.8 Å². The van der Waals surface area contributed by atoms with Crippen molar-refractivity contribution in [3.8, 4) is 5.75 Å². The summed E-state index contributed by atoms with van der Waals surface area (Å²) in [7, 11) is 0. The zero-order valence-corrected chi connectivity index (χ0v) is 10.2. The molecule has 0 aliphatic rings. The number of halogens is 2. The first-order valence-corrected chi connectivity index (χ1v) is 5.35. The Balaban J connectivity index is 2.93. The van der Waals surface area contributed by atoms with Crippen molar-refractivity contribution in [2.45, 2.75) is 11.8 Å². The number of carbonyl (C=O) groups is 1. The SMILES string of the molecule is CC(=O)Oc1c(Cl)cc(SOO[O-])cc1Cl. The molecule has 88 valence electrons. The molecular weight excluding hydrogens is 279 g/mol. The van der Waals surface area contributed by atoms with E-state index in [0.717, 1.165) is 0 Å². The average Bonchev–Trinajstić information content (AvgIpc) is 2.20. The predicted octanol–water partition coefficient (Wildman–Crippen LogP) is 2.15. The Kier molecular flexibility index (Phi) is 5.33. The largest absolute Gasteiger partial charge is 0.691 e. The van der Waals surface area contributed by atoms with Gasteiger partial charge >= 0.3 is 5.97 Å². The smallest absolute Gasteiger partial charge is 0.308 e. The molecule has 0 aromatic heterocycles. The first kappa shape index (κ1) is 13.6. The van der Waals surface area contributed by atoms with Crippen LogP contribution < -0.4 is 9.99 Å². The minimum atomic E-state index is -0.539. The first-order valence-electron chi connectivity index (χ1n) is 3.85. The highest BCUT2D eigenvalue weighted by atomic mass is 35.5. The van der Waals surface area contributed by atoms with Crippen LogP contribution in [0.5, 0.6) is 5.75 Å². The van der Waals surface area contributed by atoms with Crippen LogP contribution in [-0.4, -0.2) is 5.97 Å². The first-order chi connectivity index (χ1) is 7.54. The molecule has 1 aromatic carbocycles. The van der Waals surface area contributed by atoms with Gasteiger partial charge in [0.05, 0.1) is 22.1 Å². The molecule has 0 atom stereocenters. The monoisotopic (exact) mass is 283 g/mol. The number of rotatable bonds is 4. The lowest BCUT2D eigenvalue weighted by Crippen LogP contribution is -2.03. The fourth-order valence-electron chi connectivity index (χ4n) is 0.879. The summed E-state index contributed by atoms with van der Waals surface area (Å²) >= 11 is 12.2. The van der Waals surface area contributed by atoms with Gasteiger partial charge in [-0.05, 0) is 12.1 Å². The molecule has 1 rings (SSSR count). The van der Waals surface area contributed by atoms with E-state index in [1.807, 2.05) is 0 Å². The van der Waals surface area contributed by atoms with Gasteiger partial charge in [-0.25, -0.2) is 0 Å². The molecule has 1 aromatic rings. The van der Waals surface area contributed by atoms with E-state index in [-0.39, 0.29) is 15.8 Å². The number of hydrogen-bond acceptors (Lipinski definition) is 6. The lowest BCUT2D eigenvalue weighted by atomic mass is 10.3. The molecule has 0 saturated carbocycles. The summed E-state index contributed by atoms with van der Waals surface area (Å²) in [6.07, 6.45) is 0. The third-order valence-electron chi connectivity index (χ3n) is 1.38. The summed E-state index contributed by atoms with van der Waals surface area (Å²) in [6, 6.07) is 2.82. The number of ether oxygens (including phenoxy) is 1. The Labute approximate surface area is 105 Å². The van der Waals surface area contributed by atoms with Crippen molar-refractivity contribution in [2.75, 3.05) is 0 Å². The second-order valence-corrected chi connectivity index (χ2v) is 4.12. The van der Waals surface area contributed by atoms with Gasteiger partial charge < -0.3 is 9.99 Å². The van der Waals surface area contributed by atoms with Crippen molar-refractivity contribution in [2.24, 2.45) is 0 Å². The average molecular weight is 284 g/mol. The number of carbonyl (C=O) groups excluding carboxylic acids is 1. The highest BCUT2D eigenvalue weighted by Gasteiger charge is 2.12. The molecule has 0 spiro atoms. The zero-order valence-electron chi connectivity index (χ0n) is 7.86. The van der Waals surface area contributed by atoms with Crippen LogP contribution in [0.3, 0.4) is 0 Å². The molecular formula is C8H5Cl2O5S-. The molecule has 0 bridgehead atoms. The minimum absolute atomic E-state index is 0.0585. The lowest BCUT2D eigenvalue weighted by molar-refractivity contribution is -0.777. The van der Waals surface area contributed by atoms with Crippen LogP contribution in [0.25, 0.3) is 0 Å². The van der Waals surface area contributed by atoms with Gasteiger partial charge in [-0.3, -0.25) is 9.83 Å². The Morgan fingerprint density at radius 3 is 2.38 bits per heavy atom. The molecule has 5 nitrogen and oxygen atoms in total. The van der Waals surface area contributed by atoms with E-state index in [4.69, 9.17) is 27.9 Å². The molecule has 0 radical (unpaired) electrons. The van der Waals surface area contributed by atoms with Gasteiger partial charge in [0.15, 0.2) is 5.75 Å². The summed E-state index contributed by atoms with van der Waals surface area (Å²) < 4.78 is 8.88. The molecule has 0 unspecified atom stereocenters. The number of hydrogen-bond donors (Lipinski definition) is 0. The third kappa shape index (κ3) is 3.82. The van der Waals surface area contributed by atoms with E-state index < -0.39 is 5.97 Å². The van der Waals surface area contributed by atoms with E-state index in [1.165, 1.54) is 19.1 Å². The van der Waals surface area contributed by atoms with Crippen molar-refractivity contribution >= 4 is 41.2 Å². The summed E-state index contributed by atoms with van der Waals surface area (Å²) in [5.74, 6) is -0.480. The maximum absolute atomic E-state index is 10.7. The van der Waals surface area contributed by atoms with Gasteiger partial charge in [-0.1, -0.05) is 23.2 Å². The van der Waals surface area contributed by atoms with Crippen molar-refractivity contribution < 1.29 is 24.2 Å². The Morgan fingerprint density at radius 2 is 1.94 bits per heavy atom. The van der Waals surface area contributed by atoms with Crippen LogP contribution >= 0.6 is 35.2 Å². The van der Waals surface area contributed by atoms with Crippen molar-refractivity contribution in [1.82, 2.24) is 0 Å². The van der Waals surface area contributed by atoms with Crippen LogP contribution in [0.15, 0.2) is 17.0 Å². The van der Waals surface area contributed by atoms with E-state index >= 15 is 0 Å². The van der Waals surface area contributed by atoms with Gasteiger partial charge in [0.25, 0.3) is 0 Å². The molecule has 16 heavy (non-hydrogen) atoms. The van der Waals surface area contributed by atoms with Gasteiger partial charge in [0.2, 0.25) is 0 Å². The maximum Gasteiger partial charge on any atom is 0.308 e. The minimum Gasteiger partial charge on any atom is -0.691 e.